The van der Waals surface area contributed by atoms with E-state index in [0.717, 1.165) is 5.56 Å². The standard InChI is InChI=1S/C19H19NO4/c1-19(2,3)13-6-4-12(5-7-13)18(22)24-14-8-9-15-16(10-14)23-11-17(21)20-15/h4-10H,11H2,1-3H3,(H,20,21). The quantitative estimate of drug-likeness (QED) is 0.677. The van der Waals surface area contributed by atoms with Crippen LogP contribution in [0.5, 0.6) is 11.5 Å². The van der Waals surface area contributed by atoms with Crippen LogP contribution in [-0.4, -0.2) is 18.5 Å². The van der Waals surface area contributed by atoms with Crippen molar-refractivity contribution >= 4 is 17.6 Å². The van der Waals surface area contributed by atoms with Crippen molar-refractivity contribution < 1.29 is 19.1 Å². The van der Waals surface area contributed by atoms with Crippen LogP contribution in [-0.2, 0) is 10.2 Å². The van der Waals surface area contributed by atoms with Crippen molar-refractivity contribution in [2.75, 3.05) is 11.9 Å². The lowest BCUT2D eigenvalue weighted by atomic mass is 9.87. The molecule has 0 aliphatic carbocycles. The van der Waals surface area contributed by atoms with Crippen LogP contribution in [0.25, 0.3) is 0 Å². The van der Waals surface area contributed by atoms with Gasteiger partial charge in [0, 0.05) is 6.07 Å². The molecule has 1 heterocycles. The molecule has 0 spiro atoms. The smallest absolute Gasteiger partial charge is 0.343 e. The van der Waals surface area contributed by atoms with E-state index >= 15 is 0 Å². The molecule has 2 aromatic carbocycles. The Morgan fingerprint density at radius 3 is 2.50 bits per heavy atom. The number of hydrogen-bond donors (Lipinski definition) is 1. The molecule has 5 nitrogen and oxygen atoms in total. The summed E-state index contributed by atoms with van der Waals surface area (Å²) in [5, 5.41) is 2.69. The number of esters is 1. The summed E-state index contributed by atoms with van der Waals surface area (Å²) in [6, 6.07) is 12.3. The van der Waals surface area contributed by atoms with Crippen molar-refractivity contribution in [2.24, 2.45) is 0 Å². The fourth-order valence-corrected chi connectivity index (χ4v) is 2.39. The van der Waals surface area contributed by atoms with Crippen molar-refractivity contribution in [1.82, 2.24) is 0 Å². The number of ether oxygens (including phenoxy) is 2. The van der Waals surface area contributed by atoms with Crippen LogP contribution < -0.4 is 14.8 Å². The van der Waals surface area contributed by atoms with Crippen molar-refractivity contribution in [3.63, 3.8) is 0 Å². The normalized spacial score (nSPS) is 13.5. The Balaban J connectivity index is 1.74. The molecule has 0 atom stereocenters. The predicted molar refractivity (Wildman–Crippen MR) is 90.7 cm³/mol. The molecular formula is C19H19NO4. The molecule has 0 radical (unpaired) electrons. The topological polar surface area (TPSA) is 64.6 Å². The van der Waals surface area contributed by atoms with Gasteiger partial charge in [-0.3, -0.25) is 4.79 Å². The van der Waals surface area contributed by atoms with E-state index in [4.69, 9.17) is 9.47 Å². The van der Waals surface area contributed by atoms with Crippen molar-refractivity contribution in [3.8, 4) is 11.5 Å². The number of fused-ring (bicyclic) bond motifs is 1. The summed E-state index contributed by atoms with van der Waals surface area (Å²) in [5.74, 6) is 0.221. The van der Waals surface area contributed by atoms with E-state index in [1.807, 2.05) is 12.1 Å². The number of carbonyl (C=O) groups excluding carboxylic acids is 2. The molecule has 124 valence electrons. The molecule has 24 heavy (non-hydrogen) atoms. The summed E-state index contributed by atoms with van der Waals surface area (Å²) < 4.78 is 10.7. The van der Waals surface area contributed by atoms with Gasteiger partial charge in [0.1, 0.15) is 11.5 Å². The van der Waals surface area contributed by atoms with E-state index in [2.05, 4.69) is 26.1 Å². The van der Waals surface area contributed by atoms with Crippen molar-refractivity contribution in [2.45, 2.75) is 26.2 Å². The first kappa shape index (κ1) is 16.1. The number of carbonyl (C=O) groups is 2. The van der Waals surface area contributed by atoms with E-state index < -0.39 is 5.97 Å². The van der Waals surface area contributed by atoms with Crippen LogP contribution in [0.2, 0.25) is 0 Å². The molecule has 0 bridgehead atoms. The van der Waals surface area contributed by atoms with Gasteiger partial charge in [-0.1, -0.05) is 32.9 Å². The Kier molecular flexibility index (Phi) is 4.01. The molecule has 1 aliphatic rings. The van der Waals surface area contributed by atoms with Crippen LogP contribution >= 0.6 is 0 Å². The van der Waals surface area contributed by atoms with Gasteiger partial charge in [-0.25, -0.2) is 4.79 Å². The van der Waals surface area contributed by atoms with E-state index in [1.165, 1.54) is 0 Å². The van der Waals surface area contributed by atoms with E-state index in [9.17, 15) is 9.59 Å². The minimum atomic E-state index is -0.435. The lowest BCUT2D eigenvalue weighted by molar-refractivity contribution is -0.118. The van der Waals surface area contributed by atoms with Crippen LogP contribution in [0, 0.1) is 0 Å². The summed E-state index contributed by atoms with van der Waals surface area (Å²) >= 11 is 0. The molecule has 1 N–H and O–H groups in total. The first-order valence-corrected chi connectivity index (χ1v) is 7.72. The maximum atomic E-state index is 12.3. The summed E-state index contributed by atoms with van der Waals surface area (Å²) in [6.45, 7) is 6.31. The molecule has 1 aliphatic heterocycles. The maximum Gasteiger partial charge on any atom is 0.343 e. The van der Waals surface area contributed by atoms with Crippen molar-refractivity contribution in [3.05, 3.63) is 53.6 Å². The first-order valence-electron chi connectivity index (χ1n) is 7.72. The Morgan fingerprint density at radius 2 is 1.83 bits per heavy atom. The van der Waals surface area contributed by atoms with Crippen LogP contribution in [0.3, 0.4) is 0 Å². The second-order valence-corrected chi connectivity index (χ2v) is 6.71. The second kappa shape index (κ2) is 6.00. The molecule has 3 rings (SSSR count). The monoisotopic (exact) mass is 325 g/mol. The molecular weight excluding hydrogens is 306 g/mol. The van der Waals surface area contributed by atoms with Gasteiger partial charge < -0.3 is 14.8 Å². The fraction of sp³-hybridized carbons (Fsp3) is 0.263. The SMILES string of the molecule is CC(C)(C)c1ccc(C(=O)Oc2ccc3c(c2)OCC(=O)N3)cc1. The summed E-state index contributed by atoms with van der Waals surface area (Å²) in [7, 11) is 0. The number of hydrogen-bond acceptors (Lipinski definition) is 4. The first-order chi connectivity index (χ1) is 11.3. The number of benzene rings is 2. The highest BCUT2D eigenvalue weighted by Crippen LogP contribution is 2.32. The van der Waals surface area contributed by atoms with Crippen molar-refractivity contribution in [1.29, 1.82) is 0 Å². The molecule has 1 amide bonds. The zero-order valence-corrected chi connectivity index (χ0v) is 13.9. The van der Waals surface area contributed by atoms with E-state index in [-0.39, 0.29) is 17.9 Å². The summed E-state index contributed by atoms with van der Waals surface area (Å²) in [6.07, 6.45) is 0. The zero-order valence-electron chi connectivity index (χ0n) is 13.9. The molecule has 0 saturated carbocycles. The molecule has 0 fully saturated rings. The van der Waals surface area contributed by atoms with Gasteiger partial charge >= 0.3 is 5.97 Å². The average molecular weight is 325 g/mol. The largest absolute Gasteiger partial charge is 0.481 e. The number of rotatable bonds is 2. The average Bonchev–Trinajstić information content (AvgIpc) is 2.54. The Hall–Kier alpha value is -2.82. The highest BCUT2D eigenvalue weighted by Gasteiger charge is 2.18. The van der Waals surface area contributed by atoms with Crippen LogP contribution in [0.4, 0.5) is 5.69 Å². The van der Waals surface area contributed by atoms with Gasteiger partial charge in [-0.15, -0.1) is 0 Å². The molecule has 2 aromatic rings. The molecule has 0 aromatic heterocycles. The lowest BCUT2D eigenvalue weighted by Gasteiger charge is -2.19. The number of amides is 1. The minimum Gasteiger partial charge on any atom is -0.481 e. The van der Waals surface area contributed by atoms with Gasteiger partial charge in [0.2, 0.25) is 0 Å². The van der Waals surface area contributed by atoms with Crippen LogP contribution in [0.1, 0.15) is 36.7 Å². The molecule has 5 heteroatoms. The van der Waals surface area contributed by atoms with Gasteiger partial charge in [0.25, 0.3) is 5.91 Å². The number of nitrogens with one attached hydrogen (secondary N) is 1. The fourth-order valence-electron chi connectivity index (χ4n) is 2.39. The summed E-state index contributed by atoms with van der Waals surface area (Å²) in [5.41, 5.74) is 2.23. The highest BCUT2D eigenvalue weighted by molar-refractivity contribution is 5.96. The number of anilines is 1. The molecule has 0 unspecified atom stereocenters. The third-order valence-corrected chi connectivity index (χ3v) is 3.78. The van der Waals surface area contributed by atoms with Gasteiger partial charge in [-0.05, 0) is 35.2 Å². The highest BCUT2D eigenvalue weighted by atomic mass is 16.5. The van der Waals surface area contributed by atoms with E-state index in [1.54, 1.807) is 30.3 Å². The summed E-state index contributed by atoms with van der Waals surface area (Å²) in [4.78, 5) is 23.5. The lowest BCUT2D eigenvalue weighted by Crippen LogP contribution is -2.25. The zero-order chi connectivity index (χ0) is 17.3. The van der Waals surface area contributed by atoms with Gasteiger partial charge in [0.05, 0.1) is 11.3 Å². The Bertz CT molecular complexity index is 788. The van der Waals surface area contributed by atoms with Crippen LogP contribution in [0.15, 0.2) is 42.5 Å². The maximum absolute atomic E-state index is 12.3. The van der Waals surface area contributed by atoms with Gasteiger partial charge in [0.15, 0.2) is 6.61 Å². The molecule has 0 saturated heterocycles. The minimum absolute atomic E-state index is 0.0305. The van der Waals surface area contributed by atoms with Gasteiger partial charge in [-0.2, -0.15) is 0 Å². The third-order valence-electron chi connectivity index (χ3n) is 3.78. The third kappa shape index (κ3) is 3.40. The second-order valence-electron chi connectivity index (χ2n) is 6.71. The van der Waals surface area contributed by atoms with E-state index in [0.29, 0.717) is 22.7 Å². The Labute approximate surface area is 140 Å². The predicted octanol–water partition coefficient (Wildman–Crippen LogP) is 3.53. The Morgan fingerprint density at radius 1 is 1.12 bits per heavy atom.